The van der Waals surface area contributed by atoms with Gasteiger partial charge in [-0.1, -0.05) is 306 Å². The molecule has 6 nitrogen and oxygen atoms in total. The van der Waals surface area contributed by atoms with Gasteiger partial charge in [0.25, 0.3) is 0 Å². The van der Waals surface area contributed by atoms with Crippen LogP contribution >= 0.6 is 0 Å². The molecule has 0 aromatic heterocycles. The first kappa shape index (κ1) is 69.1. The van der Waals surface area contributed by atoms with Crippen molar-refractivity contribution >= 4 is 17.9 Å². The van der Waals surface area contributed by atoms with Crippen LogP contribution in [0.3, 0.4) is 0 Å². The van der Waals surface area contributed by atoms with E-state index >= 15 is 0 Å². The second-order valence-electron chi connectivity index (χ2n) is 21.0. The fraction of sp³-hybridized carbons (Fsp3) is 0.803. The Morgan fingerprint density at radius 2 is 0.542 bits per heavy atom. The Kier molecular flexibility index (Phi) is 58.2. The maximum atomic E-state index is 12.9. The molecule has 1 atom stereocenters. The largest absolute Gasteiger partial charge is 0.462 e. The van der Waals surface area contributed by atoms with E-state index in [1.807, 2.05) is 0 Å². The molecule has 72 heavy (non-hydrogen) atoms. The standard InChI is InChI=1S/C66H118O6/c1-4-7-10-13-16-19-22-25-28-31-32-33-36-38-41-44-47-50-53-56-59-65(68)71-62-63(72-66(69)60-57-54-51-48-45-42-39-35-30-27-24-21-18-15-12-9-6-3)61-70-64(67)58-55-52-49-46-43-40-37-34-29-26-23-20-17-14-11-8-5-2/h9,12,18,21,27,30,39,42,48,51,63H,4-8,10-11,13-17,19-20,22-26,28-29,31-38,40-41,43-47,49-50,52-62H2,1-3H3/b12-9-,21-18-,30-27-,42-39-,51-48-. The van der Waals surface area contributed by atoms with Crippen molar-refractivity contribution in [3.8, 4) is 0 Å². The van der Waals surface area contributed by atoms with Crippen molar-refractivity contribution in [3.05, 3.63) is 60.8 Å². The number of esters is 3. The minimum absolute atomic E-state index is 0.0923. The van der Waals surface area contributed by atoms with Gasteiger partial charge in [-0.05, 0) is 57.8 Å². The van der Waals surface area contributed by atoms with Gasteiger partial charge in [-0.15, -0.1) is 0 Å². The van der Waals surface area contributed by atoms with E-state index < -0.39 is 6.10 Å². The van der Waals surface area contributed by atoms with Crippen LogP contribution in [0.1, 0.15) is 323 Å². The zero-order valence-corrected chi connectivity index (χ0v) is 47.9. The van der Waals surface area contributed by atoms with Gasteiger partial charge in [0.1, 0.15) is 13.2 Å². The van der Waals surface area contributed by atoms with Gasteiger partial charge in [0.15, 0.2) is 6.10 Å². The lowest BCUT2D eigenvalue weighted by Gasteiger charge is -2.18. The average molecular weight is 1010 g/mol. The van der Waals surface area contributed by atoms with Gasteiger partial charge in [-0.3, -0.25) is 14.4 Å². The highest BCUT2D eigenvalue weighted by molar-refractivity contribution is 5.71. The van der Waals surface area contributed by atoms with Crippen LogP contribution in [0.5, 0.6) is 0 Å². The first-order valence-electron chi connectivity index (χ1n) is 31.3. The molecule has 1 unspecified atom stereocenters. The third kappa shape index (κ3) is 58.0. The highest BCUT2D eigenvalue weighted by Gasteiger charge is 2.19. The summed E-state index contributed by atoms with van der Waals surface area (Å²) >= 11 is 0. The molecule has 0 spiro atoms. The van der Waals surface area contributed by atoms with Crippen molar-refractivity contribution < 1.29 is 28.6 Å². The fourth-order valence-electron chi connectivity index (χ4n) is 9.13. The van der Waals surface area contributed by atoms with Gasteiger partial charge in [0.05, 0.1) is 0 Å². The molecule has 0 radical (unpaired) electrons. The summed E-state index contributed by atoms with van der Waals surface area (Å²) in [6.07, 6.45) is 76.6. The molecule has 0 rings (SSSR count). The molecule has 0 aromatic rings. The number of carbonyl (C=O) groups excluding carboxylic acids is 3. The highest BCUT2D eigenvalue weighted by Crippen LogP contribution is 2.17. The van der Waals surface area contributed by atoms with Gasteiger partial charge < -0.3 is 14.2 Å². The highest BCUT2D eigenvalue weighted by atomic mass is 16.6. The molecular weight excluding hydrogens is 889 g/mol. The van der Waals surface area contributed by atoms with Gasteiger partial charge >= 0.3 is 17.9 Å². The summed E-state index contributed by atoms with van der Waals surface area (Å²) in [5.74, 6) is -0.931. The Bertz CT molecular complexity index is 1290. The third-order valence-corrected chi connectivity index (χ3v) is 13.8. The van der Waals surface area contributed by atoms with Crippen molar-refractivity contribution in [1.82, 2.24) is 0 Å². The van der Waals surface area contributed by atoms with Gasteiger partial charge in [-0.2, -0.15) is 0 Å². The molecular formula is C66H118O6. The maximum Gasteiger partial charge on any atom is 0.306 e. The summed E-state index contributed by atoms with van der Waals surface area (Å²) < 4.78 is 16.9. The molecule has 0 heterocycles. The molecule has 0 N–H and O–H groups in total. The summed E-state index contributed by atoms with van der Waals surface area (Å²) in [6, 6.07) is 0. The third-order valence-electron chi connectivity index (χ3n) is 13.8. The molecule has 0 bridgehead atoms. The van der Waals surface area contributed by atoms with E-state index in [-0.39, 0.29) is 37.5 Å². The second kappa shape index (κ2) is 60.7. The lowest BCUT2D eigenvalue weighted by atomic mass is 10.0. The number of rotatable bonds is 57. The molecule has 0 aliphatic rings. The van der Waals surface area contributed by atoms with Gasteiger partial charge in [-0.25, -0.2) is 0 Å². The molecule has 0 fully saturated rings. The van der Waals surface area contributed by atoms with E-state index in [4.69, 9.17) is 14.2 Å². The van der Waals surface area contributed by atoms with Crippen LogP contribution in [0.15, 0.2) is 60.8 Å². The quantitative estimate of drug-likeness (QED) is 0.0261. The summed E-state index contributed by atoms with van der Waals surface area (Å²) in [5, 5.41) is 0. The molecule has 0 amide bonds. The smallest absolute Gasteiger partial charge is 0.306 e. The molecule has 0 saturated heterocycles. The van der Waals surface area contributed by atoms with Crippen molar-refractivity contribution in [2.75, 3.05) is 13.2 Å². The van der Waals surface area contributed by atoms with E-state index in [0.29, 0.717) is 19.3 Å². The van der Waals surface area contributed by atoms with Crippen molar-refractivity contribution in [2.45, 2.75) is 329 Å². The average Bonchev–Trinajstić information content (AvgIpc) is 3.38. The molecule has 0 aliphatic carbocycles. The molecule has 0 aromatic carbocycles. The van der Waals surface area contributed by atoms with Crippen LogP contribution in [-0.2, 0) is 28.6 Å². The Morgan fingerprint density at radius 1 is 0.292 bits per heavy atom. The zero-order chi connectivity index (χ0) is 52.2. The summed E-state index contributed by atoms with van der Waals surface area (Å²) in [7, 11) is 0. The zero-order valence-electron chi connectivity index (χ0n) is 47.9. The maximum absolute atomic E-state index is 12.9. The van der Waals surface area contributed by atoms with E-state index in [9.17, 15) is 14.4 Å². The summed E-state index contributed by atoms with van der Waals surface area (Å²) in [4.78, 5) is 38.3. The van der Waals surface area contributed by atoms with E-state index in [2.05, 4.69) is 81.5 Å². The summed E-state index contributed by atoms with van der Waals surface area (Å²) in [5.41, 5.74) is 0. The minimum atomic E-state index is -0.801. The molecule has 418 valence electrons. The number of ether oxygens (including phenoxy) is 3. The molecule has 0 saturated carbocycles. The topological polar surface area (TPSA) is 78.9 Å². The molecule has 0 aliphatic heterocycles. The Balaban J connectivity index is 4.39. The predicted molar refractivity (Wildman–Crippen MR) is 312 cm³/mol. The second-order valence-corrected chi connectivity index (χ2v) is 21.0. The van der Waals surface area contributed by atoms with Crippen LogP contribution < -0.4 is 0 Å². The van der Waals surface area contributed by atoms with Crippen LogP contribution in [0, 0.1) is 0 Å². The van der Waals surface area contributed by atoms with Gasteiger partial charge in [0, 0.05) is 19.3 Å². The minimum Gasteiger partial charge on any atom is -0.462 e. The van der Waals surface area contributed by atoms with Crippen LogP contribution in [0.2, 0.25) is 0 Å². The number of unbranched alkanes of at least 4 members (excludes halogenated alkanes) is 36. The van der Waals surface area contributed by atoms with Crippen LogP contribution in [0.25, 0.3) is 0 Å². The first-order chi connectivity index (χ1) is 35.5. The van der Waals surface area contributed by atoms with E-state index in [1.165, 1.54) is 199 Å². The number of carbonyl (C=O) groups is 3. The van der Waals surface area contributed by atoms with Crippen LogP contribution in [-0.4, -0.2) is 37.2 Å². The monoisotopic (exact) mass is 1010 g/mol. The first-order valence-corrected chi connectivity index (χ1v) is 31.3. The van der Waals surface area contributed by atoms with Gasteiger partial charge in [0.2, 0.25) is 0 Å². The normalized spacial score (nSPS) is 12.4. The van der Waals surface area contributed by atoms with Crippen molar-refractivity contribution in [3.63, 3.8) is 0 Å². The van der Waals surface area contributed by atoms with E-state index in [1.54, 1.807) is 0 Å². The Morgan fingerprint density at radius 3 is 0.833 bits per heavy atom. The lowest BCUT2D eigenvalue weighted by Crippen LogP contribution is -2.30. The lowest BCUT2D eigenvalue weighted by molar-refractivity contribution is -0.167. The van der Waals surface area contributed by atoms with E-state index in [0.717, 1.165) is 77.0 Å². The number of hydrogen-bond acceptors (Lipinski definition) is 6. The number of allylic oxidation sites excluding steroid dienone is 10. The summed E-state index contributed by atoms with van der Waals surface area (Å²) in [6.45, 7) is 6.53. The van der Waals surface area contributed by atoms with Crippen LogP contribution in [0.4, 0.5) is 0 Å². The Hall–Kier alpha value is -2.89. The predicted octanol–water partition coefficient (Wildman–Crippen LogP) is 21.2. The van der Waals surface area contributed by atoms with Crippen molar-refractivity contribution in [1.29, 1.82) is 0 Å². The number of hydrogen-bond donors (Lipinski definition) is 0. The van der Waals surface area contributed by atoms with Crippen molar-refractivity contribution in [2.24, 2.45) is 0 Å². The molecule has 6 heteroatoms. The fourth-order valence-corrected chi connectivity index (χ4v) is 9.13. The Labute approximate surface area is 447 Å². The SMILES string of the molecule is CC/C=C\C/C=C\C/C=C\C/C=C\C/C=C\CCCC(=O)OC(COC(=O)CCCCCCCCCCCCCCCCCCC)COC(=O)CCCCCCCCCCCCCCCCCCCCCC.